The number of halogens is 1. The van der Waals surface area contributed by atoms with E-state index in [-0.39, 0.29) is 10.8 Å². The second kappa shape index (κ2) is 8.27. The molecule has 33 heavy (non-hydrogen) atoms. The molecule has 0 radical (unpaired) electrons. The first kappa shape index (κ1) is 22.1. The number of sulfonamides is 1. The van der Waals surface area contributed by atoms with Crippen molar-refractivity contribution in [2.75, 3.05) is 13.1 Å². The second-order valence-electron chi connectivity index (χ2n) is 8.91. The van der Waals surface area contributed by atoms with Crippen molar-refractivity contribution in [1.82, 2.24) is 14.4 Å². The summed E-state index contributed by atoms with van der Waals surface area (Å²) in [6.07, 6.45) is 1.04. The van der Waals surface area contributed by atoms with Crippen LogP contribution in [0.3, 0.4) is 0 Å². The van der Waals surface area contributed by atoms with Crippen LogP contribution in [0.2, 0.25) is 5.02 Å². The minimum atomic E-state index is -3.60. The van der Waals surface area contributed by atoms with Crippen molar-refractivity contribution in [3.05, 3.63) is 53.1 Å². The fourth-order valence-electron chi connectivity index (χ4n) is 4.55. The topological polar surface area (TPSA) is 89.4 Å². The third-order valence-electron chi connectivity index (χ3n) is 6.10. The molecule has 2 atom stereocenters. The molecule has 5 rings (SSSR count). The van der Waals surface area contributed by atoms with Crippen molar-refractivity contribution in [2.45, 2.75) is 32.1 Å². The summed E-state index contributed by atoms with van der Waals surface area (Å²) in [6.45, 7) is 7.12. The first-order valence-corrected chi connectivity index (χ1v) is 12.7. The van der Waals surface area contributed by atoms with Gasteiger partial charge in [0.15, 0.2) is 5.76 Å². The van der Waals surface area contributed by atoms with Crippen molar-refractivity contribution in [3.63, 3.8) is 0 Å². The van der Waals surface area contributed by atoms with Gasteiger partial charge < -0.3 is 8.94 Å². The van der Waals surface area contributed by atoms with E-state index in [0.29, 0.717) is 52.5 Å². The van der Waals surface area contributed by atoms with E-state index in [1.165, 1.54) is 0 Å². The van der Waals surface area contributed by atoms with Gasteiger partial charge >= 0.3 is 0 Å². The van der Waals surface area contributed by atoms with Crippen molar-refractivity contribution in [1.29, 1.82) is 0 Å². The summed E-state index contributed by atoms with van der Waals surface area (Å²) in [7, 11) is -3.60. The number of benzene rings is 2. The van der Waals surface area contributed by atoms with Gasteiger partial charge in [-0.25, -0.2) is 8.42 Å². The summed E-state index contributed by atoms with van der Waals surface area (Å²) in [6, 6.07) is 12.1. The highest BCUT2D eigenvalue weighted by Crippen LogP contribution is 2.35. The average Bonchev–Trinajstić information content (AvgIpc) is 3.38. The summed E-state index contributed by atoms with van der Waals surface area (Å²) in [5, 5.41) is 5.37. The Morgan fingerprint density at radius 1 is 1.06 bits per heavy atom. The van der Waals surface area contributed by atoms with Crippen molar-refractivity contribution in [2.24, 2.45) is 11.8 Å². The van der Waals surface area contributed by atoms with E-state index in [4.69, 9.17) is 20.5 Å². The summed E-state index contributed by atoms with van der Waals surface area (Å²) < 4.78 is 39.7. The Morgan fingerprint density at radius 3 is 2.45 bits per heavy atom. The molecular formula is C24H24ClN3O4S. The zero-order valence-electron chi connectivity index (χ0n) is 18.6. The Balaban J connectivity index is 1.50. The maximum Gasteiger partial charge on any atom is 0.294 e. The van der Waals surface area contributed by atoms with E-state index < -0.39 is 10.0 Å². The molecule has 1 saturated heterocycles. The van der Waals surface area contributed by atoms with E-state index in [2.05, 4.69) is 24.0 Å². The van der Waals surface area contributed by atoms with Gasteiger partial charge in [0.25, 0.3) is 5.89 Å². The van der Waals surface area contributed by atoms with Crippen LogP contribution in [0.1, 0.15) is 25.8 Å². The van der Waals surface area contributed by atoms with Crippen LogP contribution in [0.15, 0.2) is 56.3 Å². The van der Waals surface area contributed by atoms with Crippen LogP contribution in [0.4, 0.5) is 0 Å². The molecule has 1 fully saturated rings. The number of piperidine rings is 1. The van der Waals surface area contributed by atoms with Gasteiger partial charge in [0.2, 0.25) is 15.8 Å². The molecule has 172 valence electrons. The van der Waals surface area contributed by atoms with E-state index in [1.807, 2.05) is 19.1 Å². The minimum Gasteiger partial charge on any atom is -0.451 e. The van der Waals surface area contributed by atoms with Crippen LogP contribution in [-0.2, 0) is 10.0 Å². The first-order valence-electron chi connectivity index (χ1n) is 10.9. The lowest BCUT2D eigenvalue weighted by Gasteiger charge is -2.34. The predicted molar refractivity (Wildman–Crippen MR) is 126 cm³/mol. The summed E-state index contributed by atoms with van der Waals surface area (Å²) in [5.41, 5.74) is 2.07. The smallest absolute Gasteiger partial charge is 0.294 e. The fourth-order valence-corrected chi connectivity index (χ4v) is 6.38. The van der Waals surface area contributed by atoms with E-state index >= 15 is 0 Å². The van der Waals surface area contributed by atoms with Crippen LogP contribution in [0.5, 0.6) is 0 Å². The number of furan rings is 1. The fraction of sp³-hybridized carbons (Fsp3) is 0.333. The molecule has 0 bridgehead atoms. The Hall–Kier alpha value is -2.68. The number of aromatic nitrogens is 2. The standard InChI is InChI=1S/C24H24ClN3O4S/c1-14-10-15(2)13-28(12-14)33(29,30)19-8-9-21-20(11-19)16(3)22(31-21)24-26-23(27-32-24)17-4-6-18(25)7-5-17/h4-9,11,14-15H,10,12-13H2,1-3H3/t14-,15-/m0/s1. The SMILES string of the molecule is Cc1c(-c2nc(-c3ccc(Cl)cc3)no2)oc2ccc(S(=O)(=O)N3C[C@@H](C)C[C@H](C)C3)cc12. The van der Waals surface area contributed by atoms with E-state index in [1.54, 1.807) is 34.6 Å². The molecule has 3 heterocycles. The van der Waals surface area contributed by atoms with E-state index in [0.717, 1.165) is 17.5 Å². The van der Waals surface area contributed by atoms with Gasteiger partial charge in [0, 0.05) is 34.6 Å². The van der Waals surface area contributed by atoms with E-state index in [9.17, 15) is 8.42 Å². The Bertz CT molecular complexity index is 1420. The van der Waals surface area contributed by atoms with Gasteiger partial charge in [-0.05, 0) is 67.6 Å². The van der Waals surface area contributed by atoms with Crippen molar-refractivity contribution in [3.8, 4) is 23.0 Å². The normalized spacial score (nSPS) is 19.9. The van der Waals surface area contributed by atoms with Gasteiger partial charge in [-0.2, -0.15) is 9.29 Å². The van der Waals surface area contributed by atoms with Crippen LogP contribution in [0.25, 0.3) is 34.0 Å². The number of rotatable bonds is 4. The molecule has 0 aliphatic carbocycles. The highest BCUT2D eigenvalue weighted by Gasteiger charge is 2.32. The maximum atomic E-state index is 13.3. The number of nitrogens with zero attached hydrogens (tertiary/aromatic N) is 3. The Kier molecular flexibility index (Phi) is 5.55. The van der Waals surface area contributed by atoms with Crippen LogP contribution < -0.4 is 0 Å². The highest BCUT2D eigenvalue weighted by molar-refractivity contribution is 7.89. The number of aryl methyl sites for hydroxylation is 1. The molecule has 2 aromatic heterocycles. The van der Waals surface area contributed by atoms with Crippen LogP contribution >= 0.6 is 11.6 Å². The molecule has 0 unspecified atom stereocenters. The number of hydrogen-bond acceptors (Lipinski definition) is 6. The molecule has 2 aromatic carbocycles. The lowest BCUT2D eigenvalue weighted by Crippen LogP contribution is -2.42. The zero-order chi connectivity index (χ0) is 23.3. The number of fused-ring (bicyclic) bond motifs is 1. The Morgan fingerprint density at radius 2 is 1.76 bits per heavy atom. The van der Waals surface area contributed by atoms with Crippen molar-refractivity contribution >= 4 is 32.6 Å². The Labute approximate surface area is 197 Å². The summed E-state index contributed by atoms with van der Waals surface area (Å²) >= 11 is 5.95. The molecule has 4 aromatic rings. The monoisotopic (exact) mass is 485 g/mol. The molecular weight excluding hydrogens is 462 g/mol. The highest BCUT2D eigenvalue weighted by atomic mass is 35.5. The molecule has 1 aliphatic heterocycles. The molecule has 0 N–H and O–H groups in total. The second-order valence-corrected chi connectivity index (χ2v) is 11.3. The molecule has 7 nitrogen and oxygen atoms in total. The average molecular weight is 486 g/mol. The molecule has 0 spiro atoms. The molecule has 0 saturated carbocycles. The molecule has 1 aliphatic rings. The third-order valence-corrected chi connectivity index (χ3v) is 8.18. The van der Waals surface area contributed by atoms with Crippen LogP contribution in [-0.4, -0.2) is 36.0 Å². The third kappa shape index (κ3) is 4.07. The lowest BCUT2D eigenvalue weighted by atomic mass is 9.94. The predicted octanol–water partition coefficient (Wildman–Crippen LogP) is 5.78. The summed E-state index contributed by atoms with van der Waals surface area (Å²) in [5.74, 6) is 1.74. The summed E-state index contributed by atoms with van der Waals surface area (Å²) in [4.78, 5) is 4.72. The molecule has 9 heteroatoms. The first-order chi connectivity index (χ1) is 15.7. The van der Waals surface area contributed by atoms with Gasteiger partial charge in [0.05, 0.1) is 4.90 Å². The zero-order valence-corrected chi connectivity index (χ0v) is 20.2. The maximum absolute atomic E-state index is 13.3. The number of hydrogen-bond donors (Lipinski definition) is 0. The van der Waals surface area contributed by atoms with Crippen molar-refractivity contribution < 1.29 is 17.4 Å². The van der Waals surface area contributed by atoms with Crippen LogP contribution in [0, 0.1) is 18.8 Å². The molecule has 0 amide bonds. The van der Waals surface area contributed by atoms with Gasteiger partial charge in [-0.15, -0.1) is 0 Å². The van der Waals surface area contributed by atoms with Gasteiger partial charge in [-0.3, -0.25) is 0 Å². The largest absolute Gasteiger partial charge is 0.451 e. The quantitative estimate of drug-likeness (QED) is 0.364. The van der Waals surface area contributed by atoms with Gasteiger partial charge in [-0.1, -0.05) is 30.6 Å². The van der Waals surface area contributed by atoms with Gasteiger partial charge in [0.1, 0.15) is 5.58 Å². The minimum absolute atomic E-state index is 0.233. The lowest BCUT2D eigenvalue weighted by molar-refractivity contribution is 0.222.